The monoisotopic (exact) mass is 299 g/mol. The minimum Gasteiger partial charge on any atom is -0.508 e. The van der Waals surface area contributed by atoms with Crippen LogP contribution in [0.15, 0.2) is 39.6 Å². The van der Waals surface area contributed by atoms with Crippen LogP contribution in [0.1, 0.15) is 10.4 Å². The van der Waals surface area contributed by atoms with Gasteiger partial charge in [-0.05, 0) is 28.1 Å². The number of carbonyl (C=O) groups is 1. The summed E-state index contributed by atoms with van der Waals surface area (Å²) in [6.45, 7) is 0. The van der Waals surface area contributed by atoms with E-state index in [1.807, 2.05) is 0 Å². The number of nitrogens with one attached hydrogen (secondary N) is 1. The van der Waals surface area contributed by atoms with Gasteiger partial charge < -0.3 is 14.8 Å². The topological polar surface area (TPSA) is 62.5 Å². The van der Waals surface area contributed by atoms with Crippen LogP contribution in [-0.2, 0) is 0 Å². The van der Waals surface area contributed by atoms with E-state index in [9.17, 15) is 9.18 Å². The first-order valence-electron chi connectivity index (χ1n) is 4.60. The number of phenolic OH excluding ortho intramolecular Hbond substituents is 1. The summed E-state index contributed by atoms with van der Waals surface area (Å²) in [6, 6.07) is 4.94. The molecule has 1 aromatic heterocycles. The molecule has 0 fully saturated rings. The molecule has 88 valence electrons. The summed E-state index contributed by atoms with van der Waals surface area (Å²) in [7, 11) is 0. The van der Waals surface area contributed by atoms with Crippen molar-refractivity contribution in [2.75, 3.05) is 5.32 Å². The fourth-order valence-electron chi connectivity index (χ4n) is 1.23. The van der Waals surface area contributed by atoms with Crippen LogP contribution in [-0.4, -0.2) is 11.0 Å². The highest BCUT2D eigenvalue weighted by Crippen LogP contribution is 2.21. The van der Waals surface area contributed by atoms with Crippen molar-refractivity contribution in [3.63, 3.8) is 0 Å². The van der Waals surface area contributed by atoms with Crippen LogP contribution in [0.25, 0.3) is 0 Å². The van der Waals surface area contributed by atoms with Gasteiger partial charge in [-0.1, -0.05) is 0 Å². The summed E-state index contributed by atoms with van der Waals surface area (Å²) in [6.07, 6.45) is 1.25. The van der Waals surface area contributed by atoms with Gasteiger partial charge >= 0.3 is 0 Å². The van der Waals surface area contributed by atoms with E-state index in [4.69, 9.17) is 9.52 Å². The summed E-state index contributed by atoms with van der Waals surface area (Å²) in [5.41, 5.74) is 0.259. The van der Waals surface area contributed by atoms with Crippen molar-refractivity contribution in [2.24, 2.45) is 0 Å². The molecule has 4 nitrogen and oxygen atoms in total. The largest absolute Gasteiger partial charge is 0.508 e. The number of amides is 1. The smallest absolute Gasteiger partial charge is 0.259 e. The minimum absolute atomic E-state index is 0.00915. The quantitative estimate of drug-likeness (QED) is 0.838. The molecule has 1 aromatic carbocycles. The number of benzene rings is 1. The van der Waals surface area contributed by atoms with Gasteiger partial charge in [0.05, 0.1) is 11.3 Å². The molecule has 0 bridgehead atoms. The van der Waals surface area contributed by atoms with Crippen molar-refractivity contribution in [2.45, 2.75) is 0 Å². The number of halogens is 2. The van der Waals surface area contributed by atoms with E-state index in [-0.39, 0.29) is 17.0 Å². The van der Waals surface area contributed by atoms with E-state index in [2.05, 4.69) is 21.2 Å². The van der Waals surface area contributed by atoms with Crippen LogP contribution < -0.4 is 5.32 Å². The average molecular weight is 300 g/mol. The SMILES string of the molecule is O=C(Nc1ccc(O)cc1F)c1coc(Br)c1. The maximum atomic E-state index is 13.3. The van der Waals surface area contributed by atoms with Crippen molar-refractivity contribution >= 4 is 27.5 Å². The molecule has 0 spiro atoms. The van der Waals surface area contributed by atoms with Crippen molar-refractivity contribution in [1.29, 1.82) is 0 Å². The molecule has 17 heavy (non-hydrogen) atoms. The van der Waals surface area contributed by atoms with Crippen LogP contribution in [0.2, 0.25) is 0 Å². The van der Waals surface area contributed by atoms with E-state index in [0.29, 0.717) is 4.67 Å². The highest BCUT2D eigenvalue weighted by molar-refractivity contribution is 9.10. The van der Waals surface area contributed by atoms with Crippen molar-refractivity contribution in [3.05, 3.63) is 46.6 Å². The second-order valence-corrected chi connectivity index (χ2v) is 4.04. The van der Waals surface area contributed by atoms with Gasteiger partial charge in [0.25, 0.3) is 5.91 Å². The van der Waals surface area contributed by atoms with Crippen molar-refractivity contribution in [3.8, 4) is 5.75 Å². The second-order valence-electron chi connectivity index (χ2n) is 3.26. The Hall–Kier alpha value is -1.82. The first-order chi connectivity index (χ1) is 8.06. The summed E-state index contributed by atoms with van der Waals surface area (Å²) in [4.78, 5) is 11.6. The predicted octanol–water partition coefficient (Wildman–Crippen LogP) is 3.14. The molecular weight excluding hydrogens is 293 g/mol. The Bertz CT molecular complexity index is 568. The van der Waals surface area contributed by atoms with Gasteiger partial charge in [0.1, 0.15) is 17.8 Å². The molecule has 1 amide bonds. The maximum Gasteiger partial charge on any atom is 0.259 e. The van der Waals surface area contributed by atoms with Crippen molar-refractivity contribution in [1.82, 2.24) is 0 Å². The number of carbonyl (C=O) groups excluding carboxylic acids is 1. The van der Waals surface area contributed by atoms with Crippen LogP contribution in [0.3, 0.4) is 0 Å². The molecule has 2 N–H and O–H groups in total. The summed E-state index contributed by atoms with van der Waals surface area (Å²) in [5.74, 6) is -1.41. The highest BCUT2D eigenvalue weighted by Gasteiger charge is 2.12. The molecule has 0 atom stereocenters. The third kappa shape index (κ3) is 2.65. The molecule has 2 aromatic rings. The van der Waals surface area contributed by atoms with E-state index >= 15 is 0 Å². The lowest BCUT2D eigenvalue weighted by Crippen LogP contribution is -2.11. The lowest BCUT2D eigenvalue weighted by Gasteiger charge is -2.04. The standard InChI is InChI=1S/C11H7BrFNO3/c12-10-3-6(5-17-10)11(16)14-9-2-1-7(15)4-8(9)13/h1-5,15H,(H,14,16). The molecule has 2 rings (SSSR count). The Morgan fingerprint density at radius 2 is 2.18 bits per heavy atom. The van der Waals surface area contributed by atoms with Gasteiger partial charge in [0, 0.05) is 12.1 Å². The molecule has 1 heterocycles. The number of phenols is 1. The summed E-state index contributed by atoms with van der Waals surface area (Å²) in [5, 5.41) is 11.4. The Kier molecular flexibility index (Phi) is 3.14. The van der Waals surface area contributed by atoms with Gasteiger partial charge in [-0.25, -0.2) is 4.39 Å². The van der Waals surface area contributed by atoms with E-state index < -0.39 is 11.7 Å². The summed E-state index contributed by atoms with van der Waals surface area (Å²) >= 11 is 3.06. The van der Waals surface area contributed by atoms with Gasteiger partial charge in [-0.15, -0.1) is 0 Å². The highest BCUT2D eigenvalue weighted by atomic mass is 79.9. The molecule has 0 saturated carbocycles. The fourth-order valence-corrected chi connectivity index (χ4v) is 1.57. The normalized spacial score (nSPS) is 10.2. The van der Waals surface area contributed by atoms with E-state index in [1.54, 1.807) is 0 Å². The van der Waals surface area contributed by atoms with Crippen molar-refractivity contribution < 1.29 is 18.7 Å². The number of rotatable bonds is 2. The number of hydrogen-bond acceptors (Lipinski definition) is 3. The Morgan fingerprint density at radius 3 is 2.76 bits per heavy atom. The third-order valence-corrected chi connectivity index (χ3v) is 2.45. The van der Waals surface area contributed by atoms with Gasteiger partial charge in [0.2, 0.25) is 0 Å². The van der Waals surface area contributed by atoms with Crippen LogP contribution in [0.5, 0.6) is 5.75 Å². The Balaban J connectivity index is 2.18. The van der Waals surface area contributed by atoms with Gasteiger partial charge in [0.15, 0.2) is 4.67 Å². The molecule has 6 heteroatoms. The molecule has 0 aliphatic heterocycles. The van der Waals surface area contributed by atoms with Crippen LogP contribution in [0.4, 0.5) is 10.1 Å². The number of aromatic hydroxyl groups is 1. The lowest BCUT2D eigenvalue weighted by atomic mass is 10.2. The molecule has 0 aliphatic rings. The Labute approximate surface area is 104 Å². The fraction of sp³-hybridized carbons (Fsp3) is 0. The lowest BCUT2D eigenvalue weighted by molar-refractivity contribution is 0.102. The molecule has 0 aliphatic carbocycles. The maximum absolute atomic E-state index is 13.3. The third-order valence-electron chi connectivity index (χ3n) is 2.03. The molecular formula is C11H7BrFNO3. The number of anilines is 1. The minimum atomic E-state index is -0.707. The molecule has 0 unspecified atom stereocenters. The number of furan rings is 1. The van der Waals surface area contributed by atoms with Crippen LogP contribution in [0, 0.1) is 5.82 Å². The average Bonchev–Trinajstić information content (AvgIpc) is 2.69. The van der Waals surface area contributed by atoms with Gasteiger partial charge in [-0.2, -0.15) is 0 Å². The number of hydrogen-bond donors (Lipinski definition) is 2. The van der Waals surface area contributed by atoms with Crippen LogP contribution >= 0.6 is 15.9 Å². The molecule has 0 radical (unpaired) electrons. The van der Waals surface area contributed by atoms with E-state index in [1.165, 1.54) is 24.5 Å². The second kappa shape index (κ2) is 4.58. The first-order valence-corrected chi connectivity index (χ1v) is 5.39. The zero-order chi connectivity index (χ0) is 12.4. The zero-order valence-electron chi connectivity index (χ0n) is 8.41. The summed E-state index contributed by atoms with van der Waals surface area (Å²) < 4.78 is 18.6. The van der Waals surface area contributed by atoms with Gasteiger partial charge in [-0.3, -0.25) is 4.79 Å². The first kappa shape index (κ1) is 11.7. The Morgan fingerprint density at radius 1 is 1.41 bits per heavy atom. The van der Waals surface area contributed by atoms with E-state index in [0.717, 1.165) is 6.07 Å². The predicted molar refractivity (Wildman–Crippen MR) is 62.4 cm³/mol. The molecule has 0 saturated heterocycles. The zero-order valence-corrected chi connectivity index (χ0v) is 9.99.